The monoisotopic (exact) mass is 157 g/mol. The molecule has 0 bridgehead atoms. The average molecular weight is 157 g/mol. The molecule has 0 unspecified atom stereocenters. The Morgan fingerprint density at radius 1 is 1.55 bits per heavy atom. The van der Waals surface area contributed by atoms with Crippen LogP contribution in [0.2, 0.25) is 0 Å². The first-order chi connectivity index (χ1) is 5.31. The van der Waals surface area contributed by atoms with E-state index in [4.69, 9.17) is 0 Å². The molecule has 0 saturated carbocycles. The van der Waals surface area contributed by atoms with Crippen molar-refractivity contribution in [2.75, 3.05) is 6.61 Å². The van der Waals surface area contributed by atoms with Crippen molar-refractivity contribution in [3.05, 3.63) is 0 Å². The van der Waals surface area contributed by atoms with Gasteiger partial charge >= 0.3 is 6.09 Å². The minimum absolute atomic E-state index is 0.331. The molecule has 0 heterocycles. The quantitative estimate of drug-likeness (QED) is 0.354. The molecule has 0 rings (SSSR count). The molecule has 0 fully saturated rings. The number of isocyanates is 1. The lowest BCUT2D eigenvalue weighted by Gasteiger charge is -1.97. The lowest BCUT2D eigenvalue weighted by Crippen LogP contribution is -1.99. The van der Waals surface area contributed by atoms with Gasteiger partial charge in [-0.05, 0) is 6.42 Å². The third-order valence-corrected chi connectivity index (χ3v) is 1.11. The standard InChI is InChI=1S/C7H11NO3/c1-2-3-4-5-11-7(10)8-6-9/h2-5H2,1H3. The van der Waals surface area contributed by atoms with E-state index in [1.54, 1.807) is 0 Å². The Morgan fingerprint density at radius 2 is 2.27 bits per heavy atom. The number of amides is 1. The average Bonchev–Trinajstić information content (AvgIpc) is 1.99. The van der Waals surface area contributed by atoms with Crippen LogP contribution in [-0.4, -0.2) is 18.8 Å². The van der Waals surface area contributed by atoms with Gasteiger partial charge in [0.25, 0.3) is 0 Å². The summed E-state index contributed by atoms with van der Waals surface area (Å²) in [5.74, 6) is 0. The summed E-state index contributed by atoms with van der Waals surface area (Å²) in [5.41, 5.74) is 0. The number of nitrogens with zero attached hydrogens (tertiary/aromatic N) is 1. The maximum absolute atomic E-state index is 10.4. The third kappa shape index (κ3) is 6.74. The van der Waals surface area contributed by atoms with Gasteiger partial charge in [0.15, 0.2) is 0 Å². The van der Waals surface area contributed by atoms with Gasteiger partial charge in [-0.1, -0.05) is 24.8 Å². The number of ether oxygens (including phenoxy) is 1. The lowest BCUT2D eigenvalue weighted by atomic mass is 10.3. The van der Waals surface area contributed by atoms with E-state index in [2.05, 4.69) is 9.73 Å². The van der Waals surface area contributed by atoms with Crippen LogP contribution < -0.4 is 0 Å². The van der Waals surface area contributed by atoms with Crippen LogP contribution in [0.5, 0.6) is 0 Å². The van der Waals surface area contributed by atoms with Gasteiger partial charge in [0, 0.05) is 0 Å². The molecule has 0 aromatic carbocycles. The summed E-state index contributed by atoms with van der Waals surface area (Å²) in [6.45, 7) is 2.38. The molecule has 0 atom stereocenters. The maximum atomic E-state index is 10.4. The predicted octanol–water partition coefficient (Wildman–Crippen LogP) is 1.65. The van der Waals surface area contributed by atoms with Crippen LogP contribution in [-0.2, 0) is 9.53 Å². The molecule has 0 aromatic heterocycles. The fourth-order valence-electron chi connectivity index (χ4n) is 0.581. The first kappa shape index (κ1) is 9.85. The van der Waals surface area contributed by atoms with Crippen LogP contribution in [0.1, 0.15) is 26.2 Å². The molecule has 0 aliphatic carbocycles. The summed E-state index contributed by atoms with van der Waals surface area (Å²) in [6.07, 6.45) is 3.15. The number of aliphatic imine (C=N–C) groups is 1. The zero-order valence-electron chi connectivity index (χ0n) is 6.50. The third-order valence-electron chi connectivity index (χ3n) is 1.11. The summed E-state index contributed by atoms with van der Waals surface area (Å²) < 4.78 is 4.52. The number of carbonyl (C=O) groups is 1. The van der Waals surface area contributed by atoms with Gasteiger partial charge in [0.05, 0.1) is 6.61 Å². The Morgan fingerprint density at radius 3 is 2.82 bits per heavy atom. The van der Waals surface area contributed by atoms with Gasteiger partial charge in [0.1, 0.15) is 0 Å². The fraction of sp³-hybridized carbons (Fsp3) is 0.714. The number of hydrogen-bond acceptors (Lipinski definition) is 3. The maximum Gasteiger partial charge on any atom is 0.444 e. The van der Waals surface area contributed by atoms with E-state index < -0.39 is 6.09 Å². The molecule has 0 radical (unpaired) electrons. The van der Waals surface area contributed by atoms with Crippen molar-refractivity contribution in [3.8, 4) is 0 Å². The second-order valence-electron chi connectivity index (χ2n) is 2.02. The Balaban J connectivity index is 3.24. The van der Waals surface area contributed by atoms with Crippen LogP contribution in [0.3, 0.4) is 0 Å². The van der Waals surface area contributed by atoms with Crippen molar-refractivity contribution < 1.29 is 14.3 Å². The minimum Gasteiger partial charge on any atom is -0.447 e. The van der Waals surface area contributed by atoms with E-state index >= 15 is 0 Å². The first-order valence-electron chi connectivity index (χ1n) is 3.56. The molecular formula is C7H11NO3. The minimum atomic E-state index is -0.851. The SMILES string of the molecule is CCCCCOC(=O)N=C=O. The Bertz CT molecular complexity index is 161. The first-order valence-corrected chi connectivity index (χ1v) is 3.56. The smallest absolute Gasteiger partial charge is 0.444 e. The molecule has 0 aromatic rings. The van der Waals surface area contributed by atoms with Crippen molar-refractivity contribution in [2.24, 2.45) is 4.99 Å². The van der Waals surface area contributed by atoms with Crippen molar-refractivity contribution >= 4 is 12.2 Å². The zero-order valence-corrected chi connectivity index (χ0v) is 6.50. The van der Waals surface area contributed by atoms with E-state index in [1.807, 2.05) is 6.92 Å². The zero-order chi connectivity index (χ0) is 8.53. The summed E-state index contributed by atoms with van der Waals surface area (Å²) in [4.78, 5) is 22.6. The molecule has 0 spiro atoms. The van der Waals surface area contributed by atoms with Crippen molar-refractivity contribution in [2.45, 2.75) is 26.2 Å². The molecule has 0 aliphatic rings. The summed E-state index contributed by atoms with van der Waals surface area (Å²) in [7, 11) is 0. The summed E-state index contributed by atoms with van der Waals surface area (Å²) >= 11 is 0. The topological polar surface area (TPSA) is 55.7 Å². The molecule has 0 N–H and O–H groups in total. The fourth-order valence-corrected chi connectivity index (χ4v) is 0.581. The number of carbonyl (C=O) groups excluding carboxylic acids is 2. The molecule has 4 heteroatoms. The summed E-state index contributed by atoms with van der Waals surface area (Å²) in [5, 5.41) is 0. The van der Waals surface area contributed by atoms with Gasteiger partial charge < -0.3 is 4.74 Å². The Labute approximate surface area is 65.3 Å². The second-order valence-corrected chi connectivity index (χ2v) is 2.02. The number of hydrogen-bond donors (Lipinski definition) is 0. The van der Waals surface area contributed by atoms with Gasteiger partial charge in [0.2, 0.25) is 6.08 Å². The highest BCUT2D eigenvalue weighted by Crippen LogP contribution is 1.94. The highest BCUT2D eigenvalue weighted by molar-refractivity contribution is 5.74. The highest BCUT2D eigenvalue weighted by atomic mass is 16.5. The number of unbranched alkanes of at least 4 members (excludes halogenated alkanes) is 2. The Hall–Kier alpha value is -1.15. The second kappa shape index (κ2) is 6.96. The van der Waals surface area contributed by atoms with E-state index in [-0.39, 0.29) is 0 Å². The van der Waals surface area contributed by atoms with Gasteiger partial charge in [-0.25, -0.2) is 9.59 Å². The van der Waals surface area contributed by atoms with E-state index in [0.29, 0.717) is 6.61 Å². The lowest BCUT2D eigenvalue weighted by molar-refractivity contribution is 0.155. The van der Waals surface area contributed by atoms with Crippen molar-refractivity contribution in [1.82, 2.24) is 0 Å². The van der Waals surface area contributed by atoms with Crippen molar-refractivity contribution in [3.63, 3.8) is 0 Å². The predicted molar refractivity (Wildman–Crippen MR) is 39.0 cm³/mol. The van der Waals surface area contributed by atoms with E-state index in [9.17, 15) is 9.59 Å². The van der Waals surface area contributed by atoms with Crippen LogP contribution in [0.15, 0.2) is 4.99 Å². The van der Waals surface area contributed by atoms with E-state index in [0.717, 1.165) is 25.3 Å². The van der Waals surface area contributed by atoms with Crippen LogP contribution >= 0.6 is 0 Å². The molecule has 0 saturated heterocycles. The normalized spacial score (nSPS) is 8.45. The van der Waals surface area contributed by atoms with Gasteiger partial charge in [-0.2, -0.15) is 0 Å². The molecule has 4 nitrogen and oxygen atoms in total. The molecule has 1 amide bonds. The number of rotatable bonds is 4. The molecule has 0 aliphatic heterocycles. The Kier molecular flexibility index (Phi) is 6.24. The van der Waals surface area contributed by atoms with E-state index in [1.165, 1.54) is 0 Å². The highest BCUT2D eigenvalue weighted by Gasteiger charge is 1.96. The van der Waals surface area contributed by atoms with Crippen LogP contribution in [0.25, 0.3) is 0 Å². The molecular weight excluding hydrogens is 146 g/mol. The van der Waals surface area contributed by atoms with Crippen LogP contribution in [0, 0.1) is 0 Å². The van der Waals surface area contributed by atoms with Gasteiger partial charge in [-0.3, -0.25) is 0 Å². The molecule has 62 valence electrons. The van der Waals surface area contributed by atoms with Gasteiger partial charge in [-0.15, -0.1) is 0 Å². The largest absolute Gasteiger partial charge is 0.447 e. The molecule has 11 heavy (non-hydrogen) atoms. The van der Waals surface area contributed by atoms with Crippen molar-refractivity contribution in [1.29, 1.82) is 0 Å². The summed E-state index contributed by atoms with van der Waals surface area (Å²) in [6, 6.07) is 0. The van der Waals surface area contributed by atoms with Crippen LogP contribution in [0.4, 0.5) is 4.79 Å².